The van der Waals surface area contributed by atoms with Crippen LogP contribution in [0.1, 0.15) is 56.2 Å². The molecule has 2 heterocycles. The third kappa shape index (κ3) is 5.19. The molecular formula is C22H30ClN5O2. The highest BCUT2D eigenvalue weighted by atomic mass is 35.5. The van der Waals surface area contributed by atoms with Crippen LogP contribution in [-0.2, 0) is 11.2 Å². The number of carbonyl (C=O) groups excluding carboxylic acids is 2. The minimum Gasteiger partial charge on any atom is -0.339 e. The van der Waals surface area contributed by atoms with E-state index in [1.165, 1.54) is 0 Å². The Morgan fingerprint density at radius 2 is 1.83 bits per heavy atom. The third-order valence-electron chi connectivity index (χ3n) is 5.36. The van der Waals surface area contributed by atoms with E-state index in [0.717, 1.165) is 24.2 Å². The summed E-state index contributed by atoms with van der Waals surface area (Å²) in [5.74, 6) is 0.561. The van der Waals surface area contributed by atoms with Gasteiger partial charge in [-0.05, 0) is 37.0 Å². The van der Waals surface area contributed by atoms with E-state index in [-0.39, 0.29) is 11.8 Å². The summed E-state index contributed by atoms with van der Waals surface area (Å²) in [4.78, 5) is 29.2. The lowest BCUT2D eigenvalue weighted by atomic mass is 10.1. The fraction of sp³-hybridized carbons (Fsp3) is 0.545. The van der Waals surface area contributed by atoms with Gasteiger partial charge in [0.15, 0.2) is 5.69 Å². The Morgan fingerprint density at radius 1 is 1.13 bits per heavy atom. The molecule has 0 spiro atoms. The van der Waals surface area contributed by atoms with E-state index in [1.54, 1.807) is 15.6 Å². The second-order valence-electron chi connectivity index (χ2n) is 8.13. The summed E-state index contributed by atoms with van der Waals surface area (Å²) in [6.07, 6.45) is 3.02. The Balaban J connectivity index is 1.71. The zero-order valence-electron chi connectivity index (χ0n) is 18.0. The van der Waals surface area contributed by atoms with Gasteiger partial charge in [-0.1, -0.05) is 50.1 Å². The molecular weight excluding hydrogens is 402 g/mol. The van der Waals surface area contributed by atoms with Gasteiger partial charge in [-0.25, -0.2) is 4.68 Å². The first-order valence-electron chi connectivity index (χ1n) is 10.7. The summed E-state index contributed by atoms with van der Waals surface area (Å²) in [7, 11) is 0. The van der Waals surface area contributed by atoms with Gasteiger partial charge in [-0.3, -0.25) is 9.59 Å². The van der Waals surface area contributed by atoms with Gasteiger partial charge in [0.1, 0.15) is 0 Å². The maximum Gasteiger partial charge on any atom is 0.276 e. The quantitative estimate of drug-likeness (QED) is 0.671. The van der Waals surface area contributed by atoms with Crippen molar-refractivity contribution < 1.29 is 9.59 Å². The lowest BCUT2D eigenvalue weighted by molar-refractivity contribution is -0.132. The molecule has 0 bridgehead atoms. The van der Waals surface area contributed by atoms with Crippen molar-refractivity contribution in [2.24, 2.45) is 5.92 Å². The smallest absolute Gasteiger partial charge is 0.276 e. The number of hydrogen-bond acceptors (Lipinski definition) is 4. The van der Waals surface area contributed by atoms with Crippen LogP contribution >= 0.6 is 11.6 Å². The van der Waals surface area contributed by atoms with Gasteiger partial charge in [-0.15, -0.1) is 5.10 Å². The number of carbonyl (C=O) groups is 2. The van der Waals surface area contributed by atoms with E-state index in [9.17, 15) is 9.59 Å². The van der Waals surface area contributed by atoms with Crippen molar-refractivity contribution in [1.29, 1.82) is 0 Å². The van der Waals surface area contributed by atoms with Crippen molar-refractivity contribution >= 4 is 23.4 Å². The lowest BCUT2D eigenvalue weighted by Gasteiger charge is -2.34. The summed E-state index contributed by atoms with van der Waals surface area (Å²) >= 11 is 6.13. The highest BCUT2D eigenvalue weighted by molar-refractivity contribution is 6.30. The molecule has 2 amide bonds. The Hall–Kier alpha value is -2.41. The van der Waals surface area contributed by atoms with Crippen LogP contribution in [0.2, 0.25) is 5.02 Å². The van der Waals surface area contributed by atoms with E-state index in [2.05, 4.69) is 31.1 Å². The minimum absolute atomic E-state index is 0.124. The lowest BCUT2D eigenvalue weighted by Crippen LogP contribution is -2.50. The molecule has 1 saturated heterocycles. The number of benzene rings is 1. The average molecular weight is 432 g/mol. The van der Waals surface area contributed by atoms with Gasteiger partial charge in [0.25, 0.3) is 5.91 Å². The summed E-state index contributed by atoms with van der Waals surface area (Å²) < 4.78 is 1.70. The molecule has 0 saturated carbocycles. The van der Waals surface area contributed by atoms with Crippen LogP contribution in [0.3, 0.4) is 0 Å². The normalized spacial score (nSPS) is 14.4. The van der Waals surface area contributed by atoms with E-state index in [4.69, 9.17) is 11.6 Å². The topological polar surface area (TPSA) is 71.3 Å². The molecule has 7 nitrogen and oxygen atoms in total. The molecule has 162 valence electrons. The Kier molecular flexibility index (Phi) is 7.48. The summed E-state index contributed by atoms with van der Waals surface area (Å²) in [5, 5.41) is 9.07. The molecule has 30 heavy (non-hydrogen) atoms. The van der Waals surface area contributed by atoms with Gasteiger partial charge in [0.2, 0.25) is 5.91 Å². The first kappa shape index (κ1) is 22.3. The number of halogens is 1. The number of nitrogens with zero attached hydrogens (tertiary/aromatic N) is 5. The highest BCUT2D eigenvalue weighted by Gasteiger charge is 2.29. The highest BCUT2D eigenvalue weighted by Crippen LogP contribution is 2.20. The second-order valence-corrected chi connectivity index (χ2v) is 8.57. The van der Waals surface area contributed by atoms with Crippen molar-refractivity contribution in [3.8, 4) is 5.69 Å². The number of aromatic nitrogens is 3. The molecule has 0 atom stereocenters. The number of piperazine rings is 1. The van der Waals surface area contributed by atoms with Gasteiger partial charge in [-0.2, -0.15) is 0 Å². The molecule has 1 aromatic carbocycles. The number of rotatable bonds is 7. The van der Waals surface area contributed by atoms with Crippen LogP contribution in [0.4, 0.5) is 0 Å². The van der Waals surface area contributed by atoms with Crippen LogP contribution in [0, 0.1) is 5.92 Å². The van der Waals surface area contributed by atoms with Gasteiger partial charge in [0.05, 0.1) is 11.4 Å². The van der Waals surface area contributed by atoms with Crippen LogP contribution in [0.5, 0.6) is 0 Å². The predicted octanol–water partition coefficient (Wildman–Crippen LogP) is 3.59. The standard InChI is InChI=1S/C22H30ClN5O2/c1-4-6-19-21(24-25-28(19)18-8-5-7-17(23)15-18)22(30)27-13-11-26(12-14-27)20(29)10-9-16(2)3/h5,7-8,15-16H,4,6,9-14H2,1-3H3. The first-order chi connectivity index (χ1) is 14.4. The number of amides is 2. The Morgan fingerprint density at radius 3 is 2.47 bits per heavy atom. The van der Waals surface area contributed by atoms with E-state index < -0.39 is 0 Å². The minimum atomic E-state index is -0.124. The molecule has 1 aromatic heterocycles. The molecule has 8 heteroatoms. The fourth-order valence-corrected chi connectivity index (χ4v) is 3.81. The van der Waals surface area contributed by atoms with Crippen LogP contribution in [0.15, 0.2) is 24.3 Å². The van der Waals surface area contributed by atoms with Gasteiger partial charge < -0.3 is 9.80 Å². The molecule has 0 unspecified atom stereocenters. The van der Waals surface area contributed by atoms with E-state index in [1.807, 2.05) is 23.1 Å². The van der Waals surface area contributed by atoms with E-state index in [0.29, 0.717) is 55.7 Å². The molecule has 2 aromatic rings. The monoisotopic (exact) mass is 431 g/mol. The molecule has 1 aliphatic rings. The maximum absolute atomic E-state index is 13.2. The van der Waals surface area contributed by atoms with Crippen LogP contribution < -0.4 is 0 Å². The molecule has 0 radical (unpaired) electrons. The molecule has 1 fully saturated rings. The number of hydrogen-bond donors (Lipinski definition) is 0. The largest absolute Gasteiger partial charge is 0.339 e. The Labute approximate surface area is 183 Å². The third-order valence-corrected chi connectivity index (χ3v) is 5.60. The van der Waals surface area contributed by atoms with Crippen molar-refractivity contribution in [2.45, 2.75) is 46.5 Å². The zero-order chi connectivity index (χ0) is 21.7. The van der Waals surface area contributed by atoms with Crippen molar-refractivity contribution in [2.75, 3.05) is 26.2 Å². The molecule has 3 rings (SSSR count). The molecule has 1 aliphatic heterocycles. The van der Waals surface area contributed by atoms with Gasteiger partial charge in [0, 0.05) is 37.6 Å². The summed E-state index contributed by atoms with van der Waals surface area (Å²) in [6, 6.07) is 7.36. The summed E-state index contributed by atoms with van der Waals surface area (Å²) in [5.41, 5.74) is 1.97. The molecule has 0 N–H and O–H groups in total. The molecule has 0 aliphatic carbocycles. The van der Waals surface area contributed by atoms with Crippen molar-refractivity contribution in [1.82, 2.24) is 24.8 Å². The van der Waals surface area contributed by atoms with Crippen LogP contribution in [0.25, 0.3) is 5.69 Å². The Bertz CT molecular complexity index is 887. The van der Waals surface area contributed by atoms with Crippen LogP contribution in [-0.4, -0.2) is 62.8 Å². The first-order valence-corrected chi connectivity index (χ1v) is 11.1. The SMILES string of the molecule is CCCc1c(C(=O)N2CCN(C(=O)CCC(C)C)CC2)nnn1-c1cccc(Cl)c1. The zero-order valence-corrected chi connectivity index (χ0v) is 18.7. The van der Waals surface area contributed by atoms with E-state index >= 15 is 0 Å². The van der Waals surface area contributed by atoms with Gasteiger partial charge >= 0.3 is 0 Å². The van der Waals surface area contributed by atoms with Crippen molar-refractivity contribution in [3.05, 3.63) is 40.7 Å². The predicted molar refractivity (Wildman–Crippen MR) is 117 cm³/mol. The second kappa shape index (κ2) is 10.1. The van der Waals surface area contributed by atoms with Crippen molar-refractivity contribution in [3.63, 3.8) is 0 Å². The fourth-order valence-electron chi connectivity index (χ4n) is 3.62. The maximum atomic E-state index is 13.2. The summed E-state index contributed by atoms with van der Waals surface area (Å²) in [6.45, 7) is 8.46. The average Bonchev–Trinajstić information content (AvgIpc) is 3.15.